The summed E-state index contributed by atoms with van der Waals surface area (Å²) in [7, 11) is 0. The van der Waals surface area contributed by atoms with Crippen LogP contribution in [0.4, 0.5) is 0 Å². The van der Waals surface area contributed by atoms with Gasteiger partial charge in [-0.3, -0.25) is 0 Å². The van der Waals surface area contributed by atoms with Crippen molar-refractivity contribution in [1.82, 2.24) is 0 Å². The summed E-state index contributed by atoms with van der Waals surface area (Å²) in [6.07, 6.45) is 10.4. The van der Waals surface area contributed by atoms with E-state index in [1.807, 2.05) is 0 Å². The normalized spacial score (nSPS) is 49.3. The molecular weight excluding hydrogens is 186 g/mol. The summed E-state index contributed by atoms with van der Waals surface area (Å²) in [5.41, 5.74) is 6.29. The van der Waals surface area contributed by atoms with Gasteiger partial charge >= 0.3 is 0 Å². The van der Waals surface area contributed by atoms with Crippen molar-refractivity contribution in [3.63, 3.8) is 0 Å². The van der Waals surface area contributed by atoms with Crippen LogP contribution in [0.25, 0.3) is 0 Å². The van der Waals surface area contributed by atoms with E-state index in [1.54, 1.807) is 0 Å². The van der Waals surface area contributed by atoms with Crippen molar-refractivity contribution in [2.45, 2.75) is 51.0 Å². The Morgan fingerprint density at radius 2 is 1.60 bits per heavy atom. The number of carbonyl (C=O) groups is 1. The van der Waals surface area contributed by atoms with Crippen molar-refractivity contribution >= 4 is 6.29 Å². The summed E-state index contributed by atoms with van der Waals surface area (Å²) in [5.74, 6) is 2.90. The zero-order chi connectivity index (χ0) is 10.5. The highest BCUT2D eigenvalue weighted by atomic mass is 16.1. The lowest BCUT2D eigenvalue weighted by molar-refractivity contribution is -0.111. The quantitative estimate of drug-likeness (QED) is 0.720. The van der Waals surface area contributed by atoms with Gasteiger partial charge in [-0.1, -0.05) is 0 Å². The van der Waals surface area contributed by atoms with Gasteiger partial charge in [0.25, 0.3) is 0 Å². The van der Waals surface area contributed by atoms with Crippen molar-refractivity contribution in [3.8, 4) is 0 Å². The van der Waals surface area contributed by atoms with Crippen LogP contribution in [0, 0.1) is 23.2 Å². The summed E-state index contributed by atoms with van der Waals surface area (Å²) < 4.78 is 0. The SMILES string of the molecule is NC(C=O)CC12CC3CC(CC(C3)C1)C2. The van der Waals surface area contributed by atoms with Crippen molar-refractivity contribution in [3.05, 3.63) is 0 Å². The minimum atomic E-state index is -0.207. The minimum Gasteiger partial charge on any atom is -0.322 e. The van der Waals surface area contributed by atoms with E-state index in [9.17, 15) is 4.79 Å². The Bertz CT molecular complexity index is 238. The molecule has 0 heterocycles. The fourth-order valence-electron chi connectivity index (χ4n) is 5.09. The van der Waals surface area contributed by atoms with Crippen LogP contribution in [0.5, 0.6) is 0 Å². The van der Waals surface area contributed by atoms with Gasteiger partial charge in [0, 0.05) is 0 Å². The van der Waals surface area contributed by atoms with E-state index in [0.717, 1.165) is 30.5 Å². The maximum atomic E-state index is 10.7. The Morgan fingerprint density at radius 3 is 2.00 bits per heavy atom. The summed E-state index contributed by atoms with van der Waals surface area (Å²) in [6, 6.07) is -0.207. The van der Waals surface area contributed by atoms with Crippen molar-refractivity contribution < 1.29 is 4.79 Å². The second-order valence-electron chi connectivity index (χ2n) is 6.42. The molecule has 2 heteroatoms. The van der Waals surface area contributed by atoms with Crippen molar-refractivity contribution in [2.24, 2.45) is 28.9 Å². The molecule has 0 spiro atoms. The van der Waals surface area contributed by atoms with Crippen molar-refractivity contribution in [1.29, 1.82) is 0 Å². The highest BCUT2D eigenvalue weighted by molar-refractivity contribution is 5.57. The van der Waals surface area contributed by atoms with Gasteiger partial charge in [-0.2, -0.15) is 0 Å². The van der Waals surface area contributed by atoms with Crippen LogP contribution in [0.2, 0.25) is 0 Å². The maximum Gasteiger partial charge on any atom is 0.136 e. The molecule has 4 fully saturated rings. The monoisotopic (exact) mass is 207 g/mol. The Kier molecular flexibility index (Phi) is 2.17. The molecule has 2 nitrogen and oxygen atoms in total. The predicted octanol–water partition coefficient (Wildman–Crippen LogP) is 2.12. The molecule has 2 N–H and O–H groups in total. The predicted molar refractivity (Wildman–Crippen MR) is 59.3 cm³/mol. The largest absolute Gasteiger partial charge is 0.322 e. The molecule has 4 aliphatic carbocycles. The van der Waals surface area contributed by atoms with E-state index < -0.39 is 0 Å². The average Bonchev–Trinajstić information content (AvgIpc) is 2.14. The molecule has 0 radical (unpaired) electrons. The first-order valence-corrected chi connectivity index (χ1v) is 6.40. The first kappa shape index (κ1) is 9.83. The van der Waals surface area contributed by atoms with E-state index in [-0.39, 0.29) is 6.04 Å². The summed E-state index contributed by atoms with van der Waals surface area (Å²) in [5, 5.41) is 0. The number of hydrogen-bond acceptors (Lipinski definition) is 2. The average molecular weight is 207 g/mol. The minimum absolute atomic E-state index is 0.207. The first-order chi connectivity index (χ1) is 7.19. The molecule has 0 aliphatic heterocycles. The van der Waals surface area contributed by atoms with Gasteiger partial charge in [0.15, 0.2) is 0 Å². The standard InChI is InChI=1S/C13H21NO/c14-12(8-15)7-13-4-9-1-10(5-13)3-11(2-9)6-13/h8-12H,1-7,14H2. The summed E-state index contributed by atoms with van der Waals surface area (Å²) >= 11 is 0. The maximum absolute atomic E-state index is 10.7. The number of aldehydes is 1. The molecule has 4 rings (SSSR count). The number of rotatable bonds is 3. The van der Waals surface area contributed by atoms with E-state index in [0.29, 0.717) is 5.41 Å². The molecule has 0 aromatic carbocycles. The lowest BCUT2D eigenvalue weighted by Gasteiger charge is -2.57. The summed E-state index contributed by atoms with van der Waals surface area (Å²) in [4.78, 5) is 10.7. The van der Waals surface area contributed by atoms with Gasteiger partial charge in [-0.15, -0.1) is 0 Å². The lowest BCUT2D eigenvalue weighted by Crippen LogP contribution is -2.48. The topological polar surface area (TPSA) is 43.1 Å². The molecule has 0 saturated heterocycles. The van der Waals surface area contributed by atoms with Crippen LogP contribution in [0.1, 0.15) is 44.9 Å². The third-order valence-electron chi connectivity index (χ3n) is 5.01. The Morgan fingerprint density at radius 1 is 1.13 bits per heavy atom. The molecule has 0 amide bonds. The fourth-order valence-corrected chi connectivity index (χ4v) is 5.09. The smallest absolute Gasteiger partial charge is 0.136 e. The number of carbonyl (C=O) groups excluding carboxylic acids is 1. The molecule has 15 heavy (non-hydrogen) atoms. The second-order valence-corrected chi connectivity index (χ2v) is 6.42. The van der Waals surface area contributed by atoms with Crippen LogP contribution < -0.4 is 5.73 Å². The molecule has 0 aromatic rings. The zero-order valence-electron chi connectivity index (χ0n) is 9.32. The van der Waals surface area contributed by atoms with Crippen molar-refractivity contribution in [2.75, 3.05) is 0 Å². The number of nitrogens with two attached hydrogens (primary N) is 1. The van der Waals surface area contributed by atoms with Gasteiger partial charge in [-0.25, -0.2) is 0 Å². The number of hydrogen-bond donors (Lipinski definition) is 1. The zero-order valence-corrected chi connectivity index (χ0v) is 9.32. The molecule has 84 valence electrons. The van der Waals surface area contributed by atoms with Crippen LogP contribution in [-0.4, -0.2) is 12.3 Å². The van der Waals surface area contributed by atoms with Gasteiger partial charge < -0.3 is 10.5 Å². The van der Waals surface area contributed by atoms with Crippen LogP contribution >= 0.6 is 0 Å². The molecule has 1 atom stereocenters. The van der Waals surface area contributed by atoms with Gasteiger partial charge in [0.05, 0.1) is 6.04 Å². The van der Waals surface area contributed by atoms with Gasteiger partial charge in [-0.05, 0) is 68.1 Å². The van der Waals surface area contributed by atoms with Crippen LogP contribution in [-0.2, 0) is 4.79 Å². The van der Waals surface area contributed by atoms with E-state index in [2.05, 4.69) is 0 Å². The Hall–Kier alpha value is -0.370. The van der Waals surface area contributed by atoms with Gasteiger partial charge in [0.1, 0.15) is 6.29 Å². The second kappa shape index (κ2) is 3.31. The van der Waals surface area contributed by atoms with Gasteiger partial charge in [0.2, 0.25) is 0 Å². The van der Waals surface area contributed by atoms with Crippen LogP contribution in [0.15, 0.2) is 0 Å². The highest BCUT2D eigenvalue weighted by Gasteiger charge is 2.50. The van der Waals surface area contributed by atoms with E-state index in [4.69, 9.17) is 5.73 Å². The molecule has 0 aromatic heterocycles. The Labute approximate surface area is 91.6 Å². The third-order valence-corrected chi connectivity index (χ3v) is 5.01. The van der Waals surface area contributed by atoms with Crippen LogP contribution in [0.3, 0.4) is 0 Å². The van der Waals surface area contributed by atoms with E-state index >= 15 is 0 Å². The molecule has 1 unspecified atom stereocenters. The first-order valence-electron chi connectivity index (χ1n) is 6.40. The highest BCUT2D eigenvalue weighted by Crippen LogP contribution is 2.61. The van der Waals surface area contributed by atoms with E-state index in [1.165, 1.54) is 38.5 Å². The molecule has 4 saturated carbocycles. The Balaban J connectivity index is 1.78. The molecule has 4 aliphatic rings. The lowest BCUT2D eigenvalue weighted by atomic mass is 9.48. The fraction of sp³-hybridized carbons (Fsp3) is 0.923. The summed E-state index contributed by atoms with van der Waals surface area (Å²) in [6.45, 7) is 0. The molecule has 4 bridgehead atoms. The third kappa shape index (κ3) is 1.63. The molecular formula is C13H21NO.